The summed E-state index contributed by atoms with van der Waals surface area (Å²) in [7, 11) is 0. The molecule has 2 saturated heterocycles. The molecule has 1 aromatic heterocycles. The van der Waals surface area contributed by atoms with E-state index in [0.717, 1.165) is 50.5 Å². The normalized spacial score (nSPS) is 22.1. The molecule has 2 unspecified atom stereocenters. The number of aliphatic hydroxyl groups excluding tert-OH is 1. The Kier molecular flexibility index (Phi) is 14.6. The van der Waals surface area contributed by atoms with Gasteiger partial charge in [-0.25, -0.2) is 0 Å². The fraction of sp³-hybridized carbons (Fsp3) is 0.923. The van der Waals surface area contributed by atoms with Crippen molar-refractivity contribution >= 4 is 11.9 Å². The Bertz CT molecular complexity index is 1090. The van der Waals surface area contributed by atoms with Gasteiger partial charge in [-0.2, -0.15) is 15.0 Å². The van der Waals surface area contributed by atoms with Crippen molar-refractivity contribution in [3.8, 4) is 0 Å². The van der Waals surface area contributed by atoms with Crippen LogP contribution in [0.25, 0.3) is 0 Å². The highest BCUT2D eigenvalue weighted by Crippen LogP contribution is 2.35. The van der Waals surface area contributed by atoms with Crippen LogP contribution in [0.3, 0.4) is 0 Å². The molecule has 1 aromatic rings. The zero-order valence-corrected chi connectivity index (χ0v) is 33.5. The number of rotatable bonds is 18. The van der Waals surface area contributed by atoms with Crippen molar-refractivity contribution in [3.63, 3.8) is 0 Å². The van der Waals surface area contributed by atoms with Crippen molar-refractivity contribution < 1.29 is 5.11 Å². The molecule has 48 heavy (non-hydrogen) atoms. The summed E-state index contributed by atoms with van der Waals surface area (Å²) in [5.74, 6) is 2.61. The van der Waals surface area contributed by atoms with Crippen LogP contribution in [0.4, 0.5) is 11.9 Å². The van der Waals surface area contributed by atoms with Gasteiger partial charge in [-0.05, 0) is 127 Å². The van der Waals surface area contributed by atoms with E-state index in [1.54, 1.807) is 0 Å². The first-order valence-corrected chi connectivity index (χ1v) is 19.6. The predicted octanol–water partition coefficient (Wildman–Crippen LogP) is 7.29. The Hall–Kier alpha value is -1.55. The van der Waals surface area contributed by atoms with Gasteiger partial charge in [-0.15, -0.1) is 0 Å². The second-order valence-electron chi connectivity index (χ2n) is 17.9. The number of anilines is 2. The summed E-state index contributed by atoms with van der Waals surface area (Å²) in [6.45, 7) is 33.6. The van der Waals surface area contributed by atoms with E-state index in [0.29, 0.717) is 30.6 Å². The Morgan fingerprint density at radius 2 is 1.17 bits per heavy atom. The minimum atomic E-state index is 0.0175. The topological polar surface area (TPSA) is 92.7 Å². The van der Waals surface area contributed by atoms with E-state index < -0.39 is 0 Å². The second-order valence-corrected chi connectivity index (χ2v) is 17.9. The molecule has 278 valence electrons. The van der Waals surface area contributed by atoms with Crippen molar-refractivity contribution in [2.45, 2.75) is 200 Å². The Morgan fingerprint density at radius 3 is 1.65 bits per heavy atom. The van der Waals surface area contributed by atoms with Crippen LogP contribution in [0.1, 0.15) is 166 Å². The highest BCUT2D eigenvalue weighted by Gasteiger charge is 2.42. The van der Waals surface area contributed by atoms with E-state index in [9.17, 15) is 5.11 Å². The van der Waals surface area contributed by atoms with Gasteiger partial charge in [0.25, 0.3) is 0 Å². The average Bonchev–Trinajstić information content (AvgIpc) is 2.97. The third-order valence-corrected chi connectivity index (χ3v) is 10.9. The molecule has 9 nitrogen and oxygen atoms in total. The van der Waals surface area contributed by atoms with E-state index >= 15 is 0 Å². The lowest BCUT2D eigenvalue weighted by Crippen LogP contribution is -2.63. The molecule has 9 heteroatoms. The van der Waals surface area contributed by atoms with Crippen molar-refractivity contribution in [1.29, 1.82) is 0 Å². The minimum Gasteiger partial charge on any atom is -0.395 e. The molecule has 0 aliphatic carbocycles. The standard InChI is InChI=1S/C39H76N8O/c1-14-29(4)33-40-34(45(16-3)23-24-48)42-35(41-33)47(32-27-38(10,11)44-39(12,13)28-32)22-20-18-17-19-21-46(30(5)15-2)31-25-36(6,7)43-37(8,9)26-31/h29-32,43-44,48H,14-28H2,1-13H3. The van der Waals surface area contributed by atoms with Crippen LogP contribution < -0.4 is 20.4 Å². The van der Waals surface area contributed by atoms with Crippen LogP contribution in [0, 0.1) is 0 Å². The fourth-order valence-electron chi connectivity index (χ4n) is 8.93. The molecule has 0 aromatic carbocycles. The Balaban J connectivity index is 1.79. The molecule has 2 aliphatic heterocycles. The van der Waals surface area contributed by atoms with Crippen LogP contribution in [-0.4, -0.2) is 98.0 Å². The summed E-state index contributed by atoms with van der Waals surface area (Å²) in [6.07, 6.45) is 11.5. The molecule has 2 atom stereocenters. The number of likely N-dealkylation sites (N-methyl/N-ethyl adjacent to an activating group) is 1. The molecule has 3 N–H and O–H groups in total. The number of aromatic nitrogens is 3. The Labute approximate surface area is 295 Å². The summed E-state index contributed by atoms with van der Waals surface area (Å²) in [4.78, 5) is 22.7. The number of hydrogen-bond donors (Lipinski definition) is 3. The van der Waals surface area contributed by atoms with Gasteiger partial charge in [0.15, 0.2) is 0 Å². The highest BCUT2D eigenvalue weighted by atomic mass is 16.3. The summed E-state index contributed by atoms with van der Waals surface area (Å²) >= 11 is 0. The molecular formula is C39H76N8O. The number of aliphatic hydroxyl groups is 1. The predicted molar refractivity (Wildman–Crippen MR) is 204 cm³/mol. The first-order valence-electron chi connectivity index (χ1n) is 19.6. The lowest BCUT2D eigenvalue weighted by atomic mass is 9.78. The summed E-state index contributed by atoms with van der Waals surface area (Å²) in [5, 5.41) is 17.6. The molecule has 0 saturated carbocycles. The van der Waals surface area contributed by atoms with Crippen LogP contribution in [0.2, 0.25) is 0 Å². The number of unbranched alkanes of at least 4 members (excludes halogenated alkanes) is 3. The monoisotopic (exact) mass is 673 g/mol. The van der Waals surface area contributed by atoms with Gasteiger partial charge in [-0.1, -0.05) is 33.6 Å². The molecule has 0 radical (unpaired) electrons. The lowest BCUT2D eigenvalue weighted by molar-refractivity contribution is 0.0410. The van der Waals surface area contributed by atoms with Gasteiger partial charge in [0.1, 0.15) is 5.82 Å². The second kappa shape index (κ2) is 17.1. The van der Waals surface area contributed by atoms with E-state index in [-0.39, 0.29) is 34.7 Å². The summed E-state index contributed by atoms with van der Waals surface area (Å²) in [5.41, 5.74) is 0.359. The number of piperidine rings is 2. The molecule has 3 rings (SSSR count). The maximum Gasteiger partial charge on any atom is 0.230 e. The summed E-state index contributed by atoms with van der Waals surface area (Å²) in [6, 6.07) is 1.56. The van der Waals surface area contributed by atoms with Gasteiger partial charge in [0.05, 0.1) is 6.61 Å². The van der Waals surface area contributed by atoms with E-state index in [1.807, 2.05) is 0 Å². The molecule has 0 amide bonds. The molecule has 0 bridgehead atoms. The first kappa shape index (κ1) is 40.9. The summed E-state index contributed by atoms with van der Waals surface area (Å²) < 4.78 is 0. The largest absolute Gasteiger partial charge is 0.395 e. The van der Waals surface area contributed by atoms with Gasteiger partial charge >= 0.3 is 0 Å². The Morgan fingerprint density at radius 1 is 0.667 bits per heavy atom. The van der Waals surface area contributed by atoms with Crippen molar-refractivity contribution in [1.82, 2.24) is 30.5 Å². The van der Waals surface area contributed by atoms with E-state index in [1.165, 1.54) is 45.1 Å². The third kappa shape index (κ3) is 11.8. The number of nitrogens with one attached hydrogen (secondary N) is 2. The average molecular weight is 673 g/mol. The molecule has 3 heterocycles. The lowest BCUT2D eigenvalue weighted by Gasteiger charge is -2.51. The zero-order chi connectivity index (χ0) is 35.9. The van der Waals surface area contributed by atoms with Crippen LogP contribution in [0.5, 0.6) is 0 Å². The zero-order valence-electron chi connectivity index (χ0n) is 33.5. The van der Waals surface area contributed by atoms with Gasteiger partial charge in [0, 0.05) is 65.8 Å². The molecule has 2 aliphatic rings. The van der Waals surface area contributed by atoms with Crippen molar-refractivity contribution in [3.05, 3.63) is 5.82 Å². The molecular weight excluding hydrogens is 596 g/mol. The SMILES string of the molecule is CCC(C)c1nc(N(CC)CCO)nc(N(CCCCCCN(C(C)CC)C2CC(C)(C)NC(C)(C)C2)C2CC(C)(C)NC(C)(C)C2)n1. The fourth-order valence-corrected chi connectivity index (χ4v) is 8.93. The molecule has 2 fully saturated rings. The van der Waals surface area contributed by atoms with E-state index in [4.69, 9.17) is 15.0 Å². The van der Waals surface area contributed by atoms with Crippen LogP contribution >= 0.6 is 0 Å². The quantitative estimate of drug-likeness (QED) is 0.139. The smallest absolute Gasteiger partial charge is 0.230 e. The van der Waals surface area contributed by atoms with Crippen molar-refractivity contribution in [2.24, 2.45) is 0 Å². The maximum absolute atomic E-state index is 9.80. The number of nitrogens with zero attached hydrogens (tertiary/aromatic N) is 6. The third-order valence-electron chi connectivity index (χ3n) is 10.9. The molecule has 0 spiro atoms. The van der Waals surface area contributed by atoms with Gasteiger partial charge < -0.3 is 25.5 Å². The minimum absolute atomic E-state index is 0.0175. The number of hydrogen-bond acceptors (Lipinski definition) is 9. The van der Waals surface area contributed by atoms with Crippen molar-refractivity contribution in [2.75, 3.05) is 42.6 Å². The van der Waals surface area contributed by atoms with Gasteiger partial charge in [0.2, 0.25) is 11.9 Å². The maximum atomic E-state index is 9.80. The van der Waals surface area contributed by atoms with Gasteiger partial charge in [-0.3, -0.25) is 4.90 Å². The van der Waals surface area contributed by atoms with Crippen LogP contribution in [0.15, 0.2) is 0 Å². The van der Waals surface area contributed by atoms with E-state index in [2.05, 4.69) is 115 Å². The highest BCUT2D eigenvalue weighted by molar-refractivity contribution is 5.41. The first-order chi connectivity index (χ1) is 22.3. The van der Waals surface area contributed by atoms with Crippen LogP contribution in [-0.2, 0) is 0 Å².